The normalized spacial score (nSPS) is 11.8. The van der Waals surface area contributed by atoms with Crippen LogP contribution in [0.15, 0.2) is 122 Å². The van der Waals surface area contributed by atoms with E-state index in [2.05, 4.69) is 126 Å². The maximum absolute atomic E-state index is 4.70. The van der Waals surface area contributed by atoms with Gasteiger partial charge in [-0.1, -0.05) is 84.9 Å². The first-order chi connectivity index (χ1) is 18.8. The molecule has 0 bridgehead atoms. The van der Waals surface area contributed by atoms with Gasteiger partial charge in [-0.05, 0) is 57.3 Å². The van der Waals surface area contributed by atoms with E-state index in [-0.39, 0.29) is 0 Å². The van der Waals surface area contributed by atoms with Gasteiger partial charge >= 0.3 is 0 Å². The molecule has 0 N–H and O–H groups in total. The van der Waals surface area contributed by atoms with Crippen LogP contribution in [0.5, 0.6) is 0 Å². The number of aryl methyl sites for hydroxylation is 1. The standard InChI is InChI=1S/C35H23N3/c1-38-32-12-5-4-10-27(32)28-15-13-25(21-33(28)38)23-8-6-7-22(19-23)24-14-16-30-31(20-24)26-9-2-3-11-29(26)34-35(30)37-18-17-36-34/h2-21H,1H3. The third-order valence-corrected chi connectivity index (χ3v) is 7.89. The number of rotatable bonds is 2. The van der Waals surface area contributed by atoms with Crippen LogP contribution in [0.4, 0.5) is 0 Å². The van der Waals surface area contributed by atoms with E-state index in [9.17, 15) is 0 Å². The smallest absolute Gasteiger partial charge is 0.0971 e. The van der Waals surface area contributed by atoms with Crippen molar-refractivity contribution in [2.24, 2.45) is 7.05 Å². The molecule has 0 saturated carbocycles. The summed E-state index contributed by atoms with van der Waals surface area (Å²) in [5, 5.41) is 7.26. The van der Waals surface area contributed by atoms with Gasteiger partial charge in [0.25, 0.3) is 0 Å². The highest BCUT2D eigenvalue weighted by Gasteiger charge is 2.13. The van der Waals surface area contributed by atoms with E-state index in [1.165, 1.54) is 54.8 Å². The van der Waals surface area contributed by atoms with Crippen LogP contribution in [0.2, 0.25) is 0 Å². The SMILES string of the molecule is Cn1c2ccccc2c2ccc(-c3cccc(-c4ccc5c(c4)c4ccccc4c4nccnc54)c3)cc21. The van der Waals surface area contributed by atoms with E-state index in [1.54, 1.807) is 12.4 Å². The molecule has 8 rings (SSSR count). The number of hydrogen-bond donors (Lipinski definition) is 0. The van der Waals surface area contributed by atoms with Crippen LogP contribution < -0.4 is 0 Å². The van der Waals surface area contributed by atoms with E-state index < -0.39 is 0 Å². The number of aromatic nitrogens is 3. The van der Waals surface area contributed by atoms with Crippen molar-refractivity contribution in [2.75, 3.05) is 0 Å². The predicted molar refractivity (Wildman–Crippen MR) is 159 cm³/mol. The fraction of sp³-hybridized carbons (Fsp3) is 0.0286. The average Bonchev–Trinajstić information content (AvgIpc) is 3.28. The van der Waals surface area contributed by atoms with Gasteiger partial charge in [0.1, 0.15) is 0 Å². The molecule has 38 heavy (non-hydrogen) atoms. The number of para-hydroxylation sites is 1. The number of hydrogen-bond acceptors (Lipinski definition) is 2. The predicted octanol–water partition coefficient (Wildman–Crippen LogP) is 8.92. The largest absolute Gasteiger partial charge is 0.344 e. The maximum atomic E-state index is 4.70. The van der Waals surface area contributed by atoms with E-state index in [4.69, 9.17) is 4.98 Å². The van der Waals surface area contributed by atoms with Gasteiger partial charge < -0.3 is 4.57 Å². The summed E-state index contributed by atoms with van der Waals surface area (Å²) in [4.78, 5) is 9.36. The lowest BCUT2D eigenvalue weighted by molar-refractivity contribution is 1.01. The highest BCUT2D eigenvalue weighted by atomic mass is 14.9. The quantitative estimate of drug-likeness (QED) is 0.229. The molecule has 3 nitrogen and oxygen atoms in total. The summed E-state index contributed by atoms with van der Waals surface area (Å²) in [6, 6.07) is 39.5. The Labute approximate surface area is 219 Å². The molecule has 2 heterocycles. The molecule has 0 saturated heterocycles. The van der Waals surface area contributed by atoms with Crippen molar-refractivity contribution in [2.45, 2.75) is 0 Å². The van der Waals surface area contributed by atoms with E-state index in [0.29, 0.717) is 0 Å². The molecule has 3 heteroatoms. The second-order valence-corrected chi connectivity index (χ2v) is 9.95. The first-order valence-electron chi connectivity index (χ1n) is 12.9. The fourth-order valence-electron chi connectivity index (χ4n) is 6.03. The Kier molecular flexibility index (Phi) is 4.44. The maximum Gasteiger partial charge on any atom is 0.0971 e. The molecule has 6 aromatic carbocycles. The minimum Gasteiger partial charge on any atom is -0.344 e. The van der Waals surface area contributed by atoms with Crippen molar-refractivity contribution in [3.63, 3.8) is 0 Å². The van der Waals surface area contributed by atoms with Gasteiger partial charge in [-0.2, -0.15) is 0 Å². The summed E-state index contributed by atoms with van der Waals surface area (Å²) in [5.74, 6) is 0. The van der Waals surface area contributed by atoms with E-state index >= 15 is 0 Å². The Bertz CT molecular complexity index is 2170. The van der Waals surface area contributed by atoms with Crippen molar-refractivity contribution >= 4 is 54.4 Å². The van der Waals surface area contributed by atoms with Crippen LogP contribution in [0.3, 0.4) is 0 Å². The van der Waals surface area contributed by atoms with E-state index in [0.717, 1.165) is 21.8 Å². The van der Waals surface area contributed by atoms with E-state index in [1.807, 2.05) is 0 Å². The topological polar surface area (TPSA) is 30.7 Å². The molecule has 178 valence electrons. The molecule has 0 unspecified atom stereocenters. The Morgan fingerprint density at radius 2 is 0.974 bits per heavy atom. The lowest BCUT2D eigenvalue weighted by Gasteiger charge is -2.11. The Hall–Kier alpha value is -5.02. The number of nitrogens with zero attached hydrogens (tertiary/aromatic N) is 3. The summed E-state index contributed by atoms with van der Waals surface area (Å²) in [6.45, 7) is 0. The summed E-state index contributed by atoms with van der Waals surface area (Å²) in [5.41, 5.74) is 9.23. The van der Waals surface area contributed by atoms with Crippen LogP contribution in [0.1, 0.15) is 0 Å². The summed E-state index contributed by atoms with van der Waals surface area (Å²) < 4.78 is 2.29. The van der Waals surface area contributed by atoms with Crippen molar-refractivity contribution < 1.29 is 0 Å². The fourth-order valence-corrected chi connectivity index (χ4v) is 6.03. The molecule has 0 radical (unpaired) electrons. The lowest BCUT2D eigenvalue weighted by atomic mass is 9.94. The van der Waals surface area contributed by atoms with Gasteiger partial charge in [-0.25, -0.2) is 0 Å². The monoisotopic (exact) mass is 485 g/mol. The molecular formula is C35H23N3. The third-order valence-electron chi connectivity index (χ3n) is 7.89. The summed E-state index contributed by atoms with van der Waals surface area (Å²) in [7, 11) is 2.15. The van der Waals surface area contributed by atoms with Gasteiger partial charge in [0.15, 0.2) is 0 Å². The molecule has 0 aliphatic rings. The number of benzene rings is 6. The minimum absolute atomic E-state index is 0.949. The van der Waals surface area contributed by atoms with Gasteiger partial charge in [0, 0.05) is 52.0 Å². The zero-order chi connectivity index (χ0) is 25.2. The zero-order valence-electron chi connectivity index (χ0n) is 20.9. The number of fused-ring (bicyclic) bond motifs is 9. The molecule has 0 aliphatic carbocycles. The van der Waals surface area contributed by atoms with Crippen LogP contribution in [-0.4, -0.2) is 14.5 Å². The third kappa shape index (κ3) is 3.02. The molecule has 0 spiro atoms. The van der Waals surface area contributed by atoms with Gasteiger partial charge in [-0.15, -0.1) is 0 Å². The van der Waals surface area contributed by atoms with Crippen LogP contribution >= 0.6 is 0 Å². The molecule has 8 aromatic rings. The Morgan fingerprint density at radius 1 is 0.421 bits per heavy atom. The molecule has 0 amide bonds. The highest BCUT2D eigenvalue weighted by molar-refractivity contribution is 6.23. The lowest BCUT2D eigenvalue weighted by Crippen LogP contribution is -1.89. The molecule has 2 aromatic heterocycles. The zero-order valence-corrected chi connectivity index (χ0v) is 20.9. The average molecular weight is 486 g/mol. The molecule has 0 atom stereocenters. The second kappa shape index (κ2) is 7.99. The molecular weight excluding hydrogens is 462 g/mol. The van der Waals surface area contributed by atoms with Gasteiger partial charge in [0.2, 0.25) is 0 Å². The highest BCUT2D eigenvalue weighted by Crippen LogP contribution is 2.37. The first-order valence-corrected chi connectivity index (χ1v) is 12.9. The Balaban J connectivity index is 1.30. The van der Waals surface area contributed by atoms with Crippen LogP contribution in [-0.2, 0) is 7.05 Å². The second-order valence-electron chi connectivity index (χ2n) is 9.95. The minimum atomic E-state index is 0.949. The summed E-state index contributed by atoms with van der Waals surface area (Å²) >= 11 is 0. The Morgan fingerprint density at radius 3 is 1.74 bits per heavy atom. The van der Waals surface area contributed by atoms with Gasteiger partial charge in [0.05, 0.1) is 11.0 Å². The first kappa shape index (κ1) is 21.1. The van der Waals surface area contributed by atoms with Crippen molar-refractivity contribution in [3.8, 4) is 22.3 Å². The van der Waals surface area contributed by atoms with Crippen LogP contribution in [0.25, 0.3) is 76.6 Å². The van der Waals surface area contributed by atoms with Gasteiger partial charge in [-0.3, -0.25) is 9.97 Å². The van der Waals surface area contributed by atoms with Crippen molar-refractivity contribution in [1.82, 2.24) is 14.5 Å². The van der Waals surface area contributed by atoms with Crippen molar-refractivity contribution in [1.29, 1.82) is 0 Å². The summed E-state index contributed by atoms with van der Waals surface area (Å²) in [6.07, 6.45) is 3.55. The molecule has 0 fully saturated rings. The molecule has 0 aliphatic heterocycles. The van der Waals surface area contributed by atoms with Crippen molar-refractivity contribution in [3.05, 3.63) is 122 Å². The van der Waals surface area contributed by atoms with Crippen LogP contribution in [0, 0.1) is 0 Å².